The molecule has 1 N–H and O–H groups in total. The van der Waals surface area contributed by atoms with Gasteiger partial charge in [-0.15, -0.1) is 0 Å². The van der Waals surface area contributed by atoms with Gasteiger partial charge in [-0.25, -0.2) is 0 Å². The van der Waals surface area contributed by atoms with Gasteiger partial charge in [0.05, 0.1) is 0 Å². The van der Waals surface area contributed by atoms with Gasteiger partial charge in [0.2, 0.25) is 0 Å². The van der Waals surface area contributed by atoms with E-state index in [1.54, 1.807) is 0 Å². The van der Waals surface area contributed by atoms with Crippen LogP contribution in [0.2, 0.25) is 0 Å². The van der Waals surface area contributed by atoms with Crippen LogP contribution in [0, 0.1) is 6.92 Å². The summed E-state index contributed by atoms with van der Waals surface area (Å²) in [6, 6.07) is 6.22. The van der Waals surface area contributed by atoms with E-state index in [1.807, 2.05) is 13.0 Å². The Hall–Kier alpha value is -1.28. The maximum Gasteiger partial charge on any atom is 0.137 e. The number of rotatable bonds is 1. The highest BCUT2D eigenvalue weighted by molar-refractivity contribution is 5.82. The van der Waals surface area contributed by atoms with Gasteiger partial charge < -0.3 is 9.52 Å². The lowest BCUT2D eigenvalue weighted by Crippen LogP contribution is -2.10. The van der Waals surface area contributed by atoms with Crippen molar-refractivity contribution in [1.82, 2.24) is 0 Å². The summed E-state index contributed by atoms with van der Waals surface area (Å²) < 4.78 is 5.57. The molecule has 0 aliphatic heterocycles. The Kier molecular flexibility index (Phi) is 2.55. The number of fused-ring (bicyclic) bond motifs is 1. The zero-order valence-corrected chi connectivity index (χ0v) is 10.3. The van der Waals surface area contributed by atoms with Crippen LogP contribution in [0.3, 0.4) is 0 Å². The first-order chi connectivity index (χ1) is 7.41. The highest BCUT2D eigenvalue weighted by atomic mass is 16.4. The number of benzene rings is 1. The third-order valence-electron chi connectivity index (χ3n) is 2.87. The largest absolute Gasteiger partial charge is 0.458 e. The highest BCUT2D eigenvalue weighted by Gasteiger charge is 2.16. The lowest BCUT2D eigenvalue weighted by atomic mass is 9.85. The monoisotopic (exact) mass is 218 g/mol. The van der Waals surface area contributed by atoms with E-state index in [4.69, 9.17) is 9.52 Å². The summed E-state index contributed by atoms with van der Waals surface area (Å²) in [5.74, 6) is 0.629. The lowest BCUT2D eigenvalue weighted by molar-refractivity contribution is 0.251. The van der Waals surface area contributed by atoms with Gasteiger partial charge in [-0.1, -0.05) is 26.8 Å². The van der Waals surface area contributed by atoms with Gasteiger partial charge in [0.15, 0.2) is 0 Å². The molecule has 2 heteroatoms. The van der Waals surface area contributed by atoms with Gasteiger partial charge in [0.25, 0.3) is 0 Å². The molecule has 0 saturated heterocycles. The molecule has 2 nitrogen and oxygen atoms in total. The minimum atomic E-state index is -0.0427. The number of furan rings is 1. The summed E-state index contributed by atoms with van der Waals surface area (Å²) in [4.78, 5) is 0. The van der Waals surface area contributed by atoms with E-state index in [2.05, 4.69) is 32.9 Å². The average Bonchev–Trinajstić information content (AvgIpc) is 2.59. The van der Waals surface area contributed by atoms with Crippen LogP contribution in [0.4, 0.5) is 0 Å². The predicted octanol–water partition coefficient (Wildman–Crippen LogP) is 3.53. The fourth-order valence-electron chi connectivity index (χ4n) is 1.89. The minimum absolute atomic E-state index is 0.0427. The van der Waals surface area contributed by atoms with Gasteiger partial charge in [0.1, 0.15) is 18.0 Å². The Morgan fingerprint density at radius 2 is 1.88 bits per heavy atom. The van der Waals surface area contributed by atoms with Crippen LogP contribution in [0.1, 0.15) is 37.7 Å². The smallest absolute Gasteiger partial charge is 0.137 e. The summed E-state index contributed by atoms with van der Waals surface area (Å²) in [6.07, 6.45) is 0. The number of aliphatic hydroxyl groups excluding tert-OH is 1. The summed E-state index contributed by atoms with van der Waals surface area (Å²) >= 11 is 0. The van der Waals surface area contributed by atoms with E-state index in [0.29, 0.717) is 5.76 Å². The van der Waals surface area contributed by atoms with Crippen molar-refractivity contribution < 1.29 is 9.52 Å². The minimum Gasteiger partial charge on any atom is -0.458 e. The summed E-state index contributed by atoms with van der Waals surface area (Å²) in [5, 5.41) is 10.1. The molecule has 0 unspecified atom stereocenters. The van der Waals surface area contributed by atoms with Crippen molar-refractivity contribution in [3.63, 3.8) is 0 Å². The molecule has 0 atom stereocenters. The number of hydrogen-bond donors (Lipinski definition) is 1. The number of hydrogen-bond acceptors (Lipinski definition) is 2. The fourth-order valence-corrected chi connectivity index (χ4v) is 1.89. The zero-order valence-electron chi connectivity index (χ0n) is 10.3. The van der Waals surface area contributed by atoms with Crippen molar-refractivity contribution in [2.75, 3.05) is 0 Å². The van der Waals surface area contributed by atoms with Crippen molar-refractivity contribution >= 4 is 11.0 Å². The second-order valence-electron chi connectivity index (χ2n) is 5.33. The Morgan fingerprint density at radius 3 is 2.44 bits per heavy atom. The Bertz CT molecular complexity index is 515. The van der Waals surface area contributed by atoms with Crippen LogP contribution < -0.4 is 0 Å². The van der Waals surface area contributed by atoms with Gasteiger partial charge in [0, 0.05) is 5.39 Å². The van der Waals surface area contributed by atoms with E-state index in [9.17, 15) is 0 Å². The summed E-state index contributed by atoms with van der Waals surface area (Å²) in [6.45, 7) is 8.59. The lowest BCUT2D eigenvalue weighted by Gasteiger charge is -2.19. The average molecular weight is 218 g/mol. The van der Waals surface area contributed by atoms with E-state index in [1.165, 1.54) is 5.56 Å². The normalized spacial score (nSPS) is 12.3. The van der Waals surface area contributed by atoms with Gasteiger partial charge in [-0.3, -0.25) is 0 Å². The molecule has 1 aromatic carbocycles. The molecule has 0 amide bonds. The van der Waals surface area contributed by atoms with Crippen LogP contribution in [0.25, 0.3) is 11.0 Å². The maximum atomic E-state index is 9.06. The van der Waals surface area contributed by atoms with Crippen molar-refractivity contribution in [2.24, 2.45) is 0 Å². The maximum absolute atomic E-state index is 9.06. The standard InChI is InChI=1S/C14H18O2/c1-9-5-11(14(2,3)4)6-10-7-12(8-15)16-13(9)10/h5-7,15H,8H2,1-4H3. The molecule has 2 rings (SSSR count). The molecule has 0 spiro atoms. The molecule has 0 aliphatic carbocycles. The molecule has 86 valence electrons. The molecule has 0 aliphatic rings. The third kappa shape index (κ3) is 1.85. The molecule has 0 bridgehead atoms. The van der Waals surface area contributed by atoms with Crippen molar-refractivity contribution in [3.05, 3.63) is 35.1 Å². The molecule has 1 aromatic heterocycles. The molecule has 2 aromatic rings. The topological polar surface area (TPSA) is 33.4 Å². The Balaban J connectivity index is 2.67. The molecule has 0 saturated carbocycles. The number of aliphatic hydroxyl groups is 1. The van der Waals surface area contributed by atoms with Gasteiger partial charge in [-0.2, -0.15) is 0 Å². The Labute approximate surface area is 95.9 Å². The molecular formula is C14H18O2. The zero-order chi connectivity index (χ0) is 11.9. The van der Waals surface area contributed by atoms with Crippen LogP contribution in [0.15, 0.2) is 22.6 Å². The van der Waals surface area contributed by atoms with Crippen molar-refractivity contribution in [1.29, 1.82) is 0 Å². The molecule has 16 heavy (non-hydrogen) atoms. The molecule has 0 radical (unpaired) electrons. The number of aryl methyl sites for hydroxylation is 1. The Morgan fingerprint density at radius 1 is 1.19 bits per heavy atom. The summed E-state index contributed by atoms with van der Waals surface area (Å²) in [7, 11) is 0. The van der Waals surface area contributed by atoms with Gasteiger partial charge >= 0.3 is 0 Å². The van der Waals surface area contributed by atoms with Crippen molar-refractivity contribution in [2.45, 2.75) is 39.7 Å². The van der Waals surface area contributed by atoms with Crippen LogP contribution >= 0.6 is 0 Å². The van der Waals surface area contributed by atoms with Crippen LogP contribution in [-0.2, 0) is 12.0 Å². The molecule has 0 fully saturated rings. The first-order valence-corrected chi connectivity index (χ1v) is 5.56. The van der Waals surface area contributed by atoms with E-state index in [0.717, 1.165) is 16.5 Å². The van der Waals surface area contributed by atoms with E-state index < -0.39 is 0 Å². The molecular weight excluding hydrogens is 200 g/mol. The fraction of sp³-hybridized carbons (Fsp3) is 0.429. The van der Waals surface area contributed by atoms with Gasteiger partial charge in [-0.05, 0) is 35.6 Å². The van der Waals surface area contributed by atoms with Crippen LogP contribution in [-0.4, -0.2) is 5.11 Å². The third-order valence-corrected chi connectivity index (χ3v) is 2.87. The van der Waals surface area contributed by atoms with Crippen LogP contribution in [0.5, 0.6) is 0 Å². The first-order valence-electron chi connectivity index (χ1n) is 5.56. The van der Waals surface area contributed by atoms with Crippen molar-refractivity contribution in [3.8, 4) is 0 Å². The second-order valence-corrected chi connectivity index (χ2v) is 5.33. The summed E-state index contributed by atoms with van der Waals surface area (Å²) in [5.41, 5.74) is 3.44. The SMILES string of the molecule is Cc1cc(C(C)(C)C)cc2cc(CO)oc12. The van der Waals surface area contributed by atoms with E-state index >= 15 is 0 Å². The van der Waals surface area contributed by atoms with E-state index in [-0.39, 0.29) is 12.0 Å². The first kappa shape index (κ1) is 11.2. The molecule has 1 heterocycles. The quantitative estimate of drug-likeness (QED) is 0.794. The highest BCUT2D eigenvalue weighted by Crippen LogP contribution is 2.30. The second kappa shape index (κ2) is 3.63. The predicted molar refractivity (Wildman–Crippen MR) is 65.6 cm³/mol.